The Morgan fingerprint density at radius 2 is 1.50 bits per heavy atom. The third-order valence-electron chi connectivity index (χ3n) is 5.60. The van der Waals surface area contributed by atoms with Crippen LogP contribution in [0.3, 0.4) is 0 Å². The fraction of sp³-hybridized carbons (Fsp3) is 0.391. The number of amides is 2. The predicted octanol–water partition coefficient (Wildman–Crippen LogP) is 2.87. The molecule has 2 aromatic rings. The standard InChI is InChI=1S/C23H29N3O2/c1-3-18-9-11-20(12-10-18)23(28)26-15-13-25(14-16-26)22(27)17(2)21(24)19-7-5-4-6-8-19/h4-12,17,21H,3,13-16,24H2,1-2H3. The van der Waals surface area contributed by atoms with Gasteiger partial charge in [-0.05, 0) is 29.7 Å². The summed E-state index contributed by atoms with van der Waals surface area (Å²) in [4.78, 5) is 29.2. The first-order chi connectivity index (χ1) is 13.5. The maximum Gasteiger partial charge on any atom is 0.253 e. The van der Waals surface area contributed by atoms with E-state index in [-0.39, 0.29) is 23.8 Å². The number of nitrogens with two attached hydrogens (primary N) is 1. The highest BCUT2D eigenvalue weighted by molar-refractivity contribution is 5.94. The van der Waals surface area contributed by atoms with Crippen molar-refractivity contribution in [3.05, 3.63) is 71.3 Å². The number of hydrogen-bond acceptors (Lipinski definition) is 3. The van der Waals surface area contributed by atoms with Crippen molar-refractivity contribution >= 4 is 11.8 Å². The van der Waals surface area contributed by atoms with Crippen molar-refractivity contribution in [1.82, 2.24) is 9.80 Å². The Kier molecular flexibility index (Phi) is 6.47. The van der Waals surface area contributed by atoms with E-state index in [0.29, 0.717) is 31.7 Å². The molecule has 0 aliphatic carbocycles. The van der Waals surface area contributed by atoms with Crippen LogP contribution in [0.15, 0.2) is 54.6 Å². The van der Waals surface area contributed by atoms with Crippen molar-refractivity contribution in [1.29, 1.82) is 0 Å². The Morgan fingerprint density at radius 3 is 2.07 bits per heavy atom. The molecule has 1 fully saturated rings. The van der Waals surface area contributed by atoms with Crippen LogP contribution in [-0.4, -0.2) is 47.8 Å². The smallest absolute Gasteiger partial charge is 0.253 e. The maximum absolute atomic E-state index is 12.9. The molecular formula is C23H29N3O2. The van der Waals surface area contributed by atoms with Gasteiger partial charge in [-0.1, -0.05) is 56.3 Å². The Morgan fingerprint density at radius 1 is 0.929 bits per heavy atom. The summed E-state index contributed by atoms with van der Waals surface area (Å²) in [5.41, 5.74) is 9.20. The zero-order valence-electron chi connectivity index (χ0n) is 16.7. The quantitative estimate of drug-likeness (QED) is 0.869. The van der Waals surface area contributed by atoms with Gasteiger partial charge in [-0.25, -0.2) is 0 Å². The SMILES string of the molecule is CCc1ccc(C(=O)N2CCN(C(=O)C(C)C(N)c3ccccc3)CC2)cc1. The highest BCUT2D eigenvalue weighted by atomic mass is 16.2. The molecule has 5 heteroatoms. The summed E-state index contributed by atoms with van der Waals surface area (Å²) in [5.74, 6) is -0.217. The Hall–Kier alpha value is -2.66. The molecular weight excluding hydrogens is 350 g/mol. The van der Waals surface area contributed by atoms with Crippen molar-refractivity contribution in [3.8, 4) is 0 Å². The second-order valence-corrected chi connectivity index (χ2v) is 7.39. The molecule has 148 valence electrons. The molecule has 5 nitrogen and oxygen atoms in total. The van der Waals surface area contributed by atoms with Gasteiger partial charge in [0.05, 0.1) is 5.92 Å². The fourth-order valence-electron chi connectivity index (χ4n) is 3.60. The van der Waals surface area contributed by atoms with E-state index in [0.717, 1.165) is 12.0 Å². The van der Waals surface area contributed by atoms with Gasteiger partial charge in [0.25, 0.3) is 5.91 Å². The summed E-state index contributed by atoms with van der Waals surface area (Å²) in [6.07, 6.45) is 0.957. The van der Waals surface area contributed by atoms with Gasteiger partial charge in [0, 0.05) is 37.8 Å². The maximum atomic E-state index is 12.9. The zero-order valence-corrected chi connectivity index (χ0v) is 16.7. The van der Waals surface area contributed by atoms with E-state index in [1.165, 1.54) is 5.56 Å². The van der Waals surface area contributed by atoms with Gasteiger partial charge in [0.1, 0.15) is 0 Å². The van der Waals surface area contributed by atoms with Crippen molar-refractivity contribution in [2.45, 2.75) is 26.3 Å². The van der Waals surface area contributed by atoms with E-state index in [1.807, 2.05) is 71.3 Å². The largest absolute Gasteiger partial charge is 0.339 e. The summed E-state index contributed by atoms with van der Waals surface area (Å²) in [7, 11) is 0. The molecule has 0 aromatic heterocycles. The minimum atomic E-state index is -0.328. The second kappa shape index (κ2) is 9.02. The lowest BCUT2D eigenvalue weighted by atomic mass is 9.94. The number of rotatable bonds is 5. The molecule has 2 N–H and O–H groups in total. The molecule has 1 aliphatic heterocycles. The summed E-state index contributed by atoms with van der Waals surface area (Å²) in [5, 5.41) is 0. The van der Waals surface area contributed by atoms with E-state index in [9.17, 15) is 9.59 Å². The van der Waals surface area contributed by atoms with Gasteiger partial charge in [-0.15, -0.1) is 0 Å². The molecule has 1 saturated heterocycles. The van der Waals surface area contributed by atoms with Gasteiger partial charge in [0.15, 0.2) is 0 Å². The molecule has 2 aromatic carbocycles. The van der Waals surface area contributed by atoms with Crippen LogP contribution in [0, 0.1) is 5.92 Å². The van der Waals surface area contributed by atoms with Crippen LogP contribution in [0.1, 0.15) is 41.4 Å². The number of nitrogens with zero attached hydrogens (tertiary/aromatic N) is 2. The first-order valence-corrected chi connectivity index (χ1v) is 9.98. The number of carbonyl (C=O) groups excluding carboxylic acids is 2. The minimum Gasteiger partial charge on any atom is -0.339 e. The highest BCUT2D eigenvalue weighted by Gasteiger charge is 2.30. The molecule has 0 radical (unpaired) electrons. The summed E-state index contributed by atoms with van der Waals surface area (Å²) >= 11 is 0. The summed E-state index contributed by atoms with van der Waals surface area (Å²) in [6.45, 7) is 6.16. The van der Waals surface area contributed by atoms with Crippen molar-refractivity contribution in [2.24, 2.45) is 11.7 Å². The van der Waals surface area contributed by atoms with Crippen LogP contribution >= 0.6 is 0 Å². The number of hydrogen-bond donors (Lipinski definition) is 1. The second-order valence-electron chi connectivity index (χ2n) is 7.39. The van der Waals surface area contributed by atoms with Gasteiger partial charge in [0.2, 0.25) is 5.91 Å². The highest BCUT2D eigenvalue weighted by Crippen LogP contribution is 2.22. The molecule has 3 rings (SSSR count). The normalized spacial score (nSPS) is 16.5. The van der Waals surface area contributed by atoms with Gasteiger partial charge >= 0.3 is 0 Å². The van der Waals surface area contributed by atoms with Gasteiger partial charge < -0.3 is 15.5 Å². The van der Waals surface area contributed by atoms with Crippen LogP contribution in [0.4, 0.5) is 0 Å². The Bertz CT molecular complexity index is 796. The van der Waals surface area contributed by atoms with Gasteiger partial charge in [-0.2, -0.15) is 0 Å². The third-order valence-corrected chi connectivity index (χ3v) is 5.60. The molecule has 1 heterocycles. The Balaban J connectivity index is 1.56. The molecule has 0 saturated carbocycles. The monoisotopic (exact) mass is 379 g/mol. The van der Waals surface area contributed by atoms with Crippen molar-refractivity contribution in [2.75, 3.05) is 26.2 Å². The lowest BCUT2D eigenvalue weighted by Crippen LogP contribution is -2.52. The Labute approximate surface area is 167 Å². The fourth-order valence-corrected chi connectivity index (χ4v) is 3.60. The summed E-state index contributed by atoms with van der Waals surface area (Å²) in [6, 6.07) is 17.2. The minimum absolute atomic E-state index is 0.0313. The van der Waals surface area contributed by atoms with Crippen LogP contribution in [-0.2, 0) is 11.2 Å². The van der Waals surface area contributed by atoms with E-state index in [2.05, 4.69) is 6.92 Å². The molecule has 2 atom stereocenters. The number of aryl methyl sites for hydroxylation is 1. The van der Waals surface area contributed by atoms with Crippen LogP contribution < -0.4 is 5.73 Å². The lowest BCUT2D eigenvalue weighted by molar-refractivity contribution is -0.137. The average molecular weight is 380 g/mol. The van der Waals surface area contributed by atoms with E-state index in [1.54, 1.807) is 0 Å². The topological polar surface area (TPSA) is 66.6 Å². The third kappa shape index (κ3) is 4.42. The summed E-state index contributed by atoms with van der Waals surface area (Å²) < 4.78 is 0. The number of piperazine rings is 1. The molecule has 0 bridgehead atoms. The van der Waals surface area contributed by atoms with Gasteiger partial charge in [-0.3, -0.25) is 9.59 Å². The zero-order chi connectivity index (χ0) is 20.1. The molecule has 2 unspecified atom stereocenters. The lowest BCUT2D eigenvalue weighted by Gasteiger charge is -2.37. The molecule has 2 amide bonds. The molecule has 0 spiro atoms. The predicted molar refractivity (Wildman–Crippen MR) is 111 cm³/mol. The van der Waals surface area contributed by atoms with Crippen LogP contribution in [0.25, 0.3) is 0 Å². The van der Waals surface area contributed by atoms with Crippen LogP contribution in [0.2, 0.25) is 0 Å². The van der Waals surface area contributed by atoms with E-state index in [4.69, 9.17) is 5.73 Å². The van der Waals surface area contributed by atoms with E-state index >= 15 is 0 Å². The first kappa shape index (κ1) is 20.1. The van der Waals surface area contributed by atoms with E-state index < -0.39 is 0 Å². The van der Waals surface area contributed by atoms with Crippen molar-refractivity contribution in [3.63, 3.8) is 0 Å². The number of benzene rings is 2. The average Bonchev–Trinajstić information content (AvgIpc) is 2.78. The van der Waals surface area contributed by atoms with Crippen molar-refractivity contribution < 1.29 is 9.59 Å². The molecule has 28 heavy (non-hydrogen) atoms. The number of carbonyl (C=O) groups is 2. The molecule has 1 aliphatic rings. The van der Waals surface area contributed by atoms with Crippen LogP contribution in [0.5, 0.6) is 0 Å². The first-order valence-electron chi connectivity index (χ1n) is 9.98.